The number of nitrogens with zero attached hydrogens (tertiary/aromatic N) is 2. The first-order valence-corrected chi connectivity index (χ1v) is 10.4. The van der Waals surface area contributed by atoms with E-state index < -0.39 is 5.91 Å². The number of anilines is 1. The highest BCUT2D eigenvalue weighted by molar-refractivity contribution is 9.10. The van der Waals surface area contributed by atoms with Gasteiger partial charge < -0.3 is 9.73 Å². The summed E-state index contributed by atoms with van der Waals surface area (Å²) in [6.07, 6.45) is 5.13. The topological polar surface area (TPSA) is 96.6 Å². The number of pyridine rings is 1. The molecular formula is C22H18BrFN4O3. The Kier molecular flexibility index (Phi) is 5.94. The van der Waals surface area contributed by atoms with Crippen LogP contribution in [-0.2, 0) is 6.42 Å². The van der Waals surface area contributed by atoms with Crippen molar-refractivity contribution in [3.63, 3.8) is 0 Å². The van der Waals surface area contributed by atoms with Crippen LogP contribution in [0.15, 0.2) is 56.7 Å². The van der Waals surface area contributed by atoms with Gasteiger partial charge in [-0.2, -0.15) is 5.10 Å². The maximum Gasteiger partial charge on any atom is 0.291 e. The average molecular weight is 485 g/mol. The molecular weight excluding hydrogens is 467 g/mol. The highest BCUT2D eigenvalue weighted by atomic mass is 79.9. The van der Waals surface area contributed by atoms with Crippen LogP contribution in [0, 0.1) is 12.7 Å². The fourth-order valence-corrected chi connectivity index (χ4v) is 3.80. The Morgan fingerprint density at radius 3 is 2.68 bits per heavy atom. The molecule has 2 amide bonds. The highest BCUT2D eigenvalue weighted by Crippen LogP contribution is 2.30. The van der Waals surface area contributed by atoms with Gasteiger partial charge in [-0.25, -0.2) is 9.82 Å². The van der Waals surface area contributed by atoms with E-state index in [9.17, 15) is 14.0 Å². The number of aromatic nitrogens is 1. The van der Waals surface area contributed by atoms with Crippen molar-refractivity contribution in [1.29, 1.82) is 0 Å². The number of rotatable bonds is 4. The number of benzene rings is 1. The fourth-order valence-electron chi connectivity index (χ4n) is 3.44. The van der Waals surface area contributed by atoms with E-state index in [2.05, 4.69) is 36.8 Å². The third-order valence-electron chi connectivity index (χ3n) is 4.89. The molecule has 0 saturated heterocycles. The number of halogens is 2. The largest absolute Gasteiger partial charge is 0.455 e. The molecule has 0 spiro atoms. The van der Waals surface area contributed by atoms with Crippen LogP contribution in [0.3, 0.4) is 0 Å². The number of fused-ring (bicyclic) bond motifs is 1. The molecule has 2 heterocycles. The van der Waals surface area contributed by atoms with Gasteiger partial charge in [-0.3, -0.25) is 14.6 Å². The fraction of sp³-hybridized carbons (Fsp3) is 0.182. The molecule has 0 aliphatic heterocycles. The summed E-state index contributed by atoms with van der Waals surface area (Å²) in [6, 6.07) is 7.14. The second kappa shape index (κ2) is 8.81. The second-order valence-corrected chi connectivity index (χ2v) is 7.98. The lowest BCUT2D eigenvalue weighted by Crippen LogP contribution is -2.22. The van der Waals surface area contributed by atoms with E-state index in [4.69, 9.17) is 4.42 Å². The van der Waals surface area contributed by atoms with E-state index in [0.717, 1.165) is 12.0 Å². The van der Waals surface area contributed by atoms with E-state index in [1.165, 1.54) is 30.5 Å². The number of carbonyl (C=O) groups is 2. The first kappa shape index (κ1) is 20.9. The molecule has 0 radical (unpaired) electrons. The molecule has 3 aromatic rings. The van der Waals surface area contributed by atoms with Crippen molar-refractivity contribution in [2.45, 2.75) is 26.2 Å². The summed E-state index contributed by atoms with van der Waals surface area (Å²) in [5, 5.41) is 7.01. The summed E-state index contributed by atoms with van der Waals surface area (Å²) in [6.45, 7) is 1.78. The first-order chi connectivity index (χ1) is 14.9. The average Bonchev–Trinajstić information content (AvgIpc) is 3.11. The number of nitrogens with one attached hydrogen (secondary N) is 2. The standard InChI is InChI=1S/C22H18BrFN4O3/c1-12-19-17(27-28-21(29)13-9-14(23)11-25-10-13)3-2-4-18(19)31-20(12)22(30)26-16-7-5-15(24)6-8-16/h5-11H,2-4H2,1H3,(H,26,30)(H,28,29)/b27-17+. The molecule has 0 fully saturated rings. The minimum atomic E-state index is -0.429. The first-order valence-electron chi connectivity index (χ1n) is 9.59. The normalized spacial score (nSPS) is 14.2. The van der Waals surface area contributed by atoms with Gasteiger partial charge in [0, 0.05) is 40.1 Å². The van der Waals surface area contributed by atoms with Gasteiger partial charge in [0.1, 0.15) is 11.6 Å². The smallest absolute Gasteiger partial charge is 0.291 e. The van der Waals surface area contributed by atoms with Gasteiger partial charge in [0.2, 0.25) is 0 Å². The summed E-state index contributed by atoms with van der Waals surface area (Å²) in [5.74, 6) is -0.369. The monoisotopic (exact) mass is 484 g/mol. The van der Waals surface area contributed by atoms with Gasteiger partial charge >= 0.3 is 0 Å². The lowest BCUT2D eigenvalue weighted by molar-refractivity contribution is 0.0953. The van der Waals surface area contributed by atoms with Gasteiger partial charge in [0.25, 0.3) is 11.8 Å². The summed E-state index contributed by atoms with van der Waals surface area (Å²) in [4.78, 5) is 29.1. The van der Waals surface area contributed by atoms with Crippen molar-refractivity contribution in [2.24, 2.45) is 5.10 Å². The minimum Gasteiger partial charge on any atom is -0.455 e. The zero-order valence-corrected chi connectivity index (χ0v) is 18.1. The van der Waals surface area contributed by atoms with Crippen LogP contribution in [0.1, 0.15) is 50.6 Å². The molecule has 1 aromatic carbocycles. The summed E-state index contributed by atoms with van der Waals surface area (Å²) in [7, 11) is 0. The molecule has 1 aliphatic rings. The second-order valence-electron chi connectivity index (χ2n) is 7.06. The number of hydrogen-bond acceptors (Lipinski definition) is 5. The Hall–Kier alpha value is -3.33. The molecule has 0 atom stereocenters. The van der Waals surface area contributed by atoms with Crippen LogP contribution in [-0.4, -0.2) is 22.5 Å². The van der Waals surface area contributed by atoms with E-state index in [-0.39, 0.29) is 17.5 Å². The van der Waals surface area contributed by atoms with Crippen molar-refractivity contribution in [2.75, 3.05) is 5.32 Å². The van der Waals surface area contributed by atoms with E-state index in [1.54, 1.807) is 19.2 Å². The molecule has 4 rings (SSSR count). The number of hydrazone groups is 1. The molecule has 2 aromatic heterocycles. The third kappa shape index (κ3) is 4.56. The molecule has 2 N–H and O–H groups in total. The molecule has 158 valence electrons. The highest BCUT2D eigenvalue weighted by Gasteiger charge is 2.28. The lowest BCUT2D eigenvalue weighted by atomic mass is 9.93. The van der Waals surface area contributed by atoms with Gasteiger partial charge in [-0.1, -0.05) is 0 Å². The number of amides is 2. The predicted molar refractivity (Wildman–Crippen MR) is 117 cm³/mol. The Labute approximate surface area is 185 Å². The lowest BCUT2D eigenvalue weighted by Gasteiger charge is -2.13. The summed E-state index contributed by atoms with van der Waals surface area (Å²) < 4.78 is 19.6. The van der Waals surface area contributed by atoms with E-state index in [1.807, 2.05) is 0 Å². The van der Waals surface area contributed by atoms with Crippen LogP contribution in [0.25, 0.3) is 0 Å². The molecule has 0 bridgehead atoms. The predicted octanol–water partition coefficient (Wildman–Crippen LogP) is 4.61. The summed E-state index contributed by atoms with van der Waals surface area (Å²) in [5.41, 5.74) is 5.43. The number of aryl methyl sites for hydroxylation is 1. The molecule has 0 saturated carbocycles. The molecule has 9 heteroatoms. The number of hydrogen-bond donors (Lipinski definition) is 2. The Balaban J connectivity index is 1.56. The SMILES string of the molecule is Cc1c(C(=O)Nc2ccc(F)cc2)oc2c1/C(=N/NC(=O)c1cncc(Br)c1)CCC2. The van der Waals surface area contributed by atoms with Crippen LogP contribution < -0.4 is 10.7 Å². The van der Waals surface area contributed by atoms with Crippen molar-refractivity contribution in [3.8, 4) is 0 Å². The van der Waals surface area contributed by atoms with Crippen molar-refractivity contribution >= 4 is 39.1 Å². The quantitative estimate of drug-likeness (QED) is 0.528. The molecule has 7 nitrogen and oxygen atoms in total. The van der Waals surface area contributed by atoms with E-state index in [0.29, 0.717) is 45.6 Å². The number of carbonyl (C=O) groups excluding carboxylic acids is 2. The maximum absolute atomic E-state index is 13.1. The Morgan fingerprint density at radius 1 is 1.16 bits per heavy atom. The molecule has 31 heavy (non-hydrogen) atoms. The zero-order valence-electron chi connectivity index (χ0n) is 16.5. The number of furan rings is 1. The van der Waals surface area contributed by atoms with Crippen molar-refractivity contribution in [3.05, 3.63) is 81.2 Å². The van der Waals surface area contributed by atoms with Crippen LogP contribution in [0.4, 0.5) is 10.1 Å². The van der Waals surface area contributed by atoms with Crippen molar-refractivity contribution < 1.29 is 18.4 Å². The van der Waals surface area contributed by atoms with Gasteiger partial charge in [0.05, 0.1) is 11.3 Å². The van der Waals surface area contributed by atoms with Gasteiger partial charge in [0.15, 0.2) is 5.76 Å². The van der Waals surface area contributed by atoms with E-state index >= 15 is 0 Å². The van der Waals surface area contributed by atoms with Gasteiger partial charge in [-0.15, -0.1) is 0 Å². The zero-order chi connectivity index (χ0) is 22.0. The molecule has 0 unspecified atom stereocenters. The van der Waals surface area contributed by atoms with Crippen LogP contribution in [0.2, 0.25) is 0 Å². The maximum atomic E-state index is 13.1. The Bertz CT molecular complexity index is 1190. The van der Waals surface area contributed by atoms with Crippen LogP contribution >= 0.6 is 15.9 Å². The van der Waals surface area contributed by atoms with Gasteiger partial charge in [-0.05, 0) is 66.0 Å². The van der Waals surface area contributed by atoms with Crippen molar-refractivity contribution in [1.82, 2.24) is 10.4 Å². The van der Waals surface area contributed by atoms with Crippen LogP contribution in [0.5, 0.6) is 0 Å². The minimum absolute atomic E-state index is 0.173. The third-order valence-corrected chi connectivity index (χ3v) is 5.33. The Morgan fingerprint density at radius 2 is 1.94 bits per heavy atom. The summed E-state index contributed by atoms with van der Waals surface area (Å²) >= 11 is 3.29. The molecule has 1 aliphatic carbocycles.